The van der Waals surface area contributed by atoms with Gasteiger partial charge in [-0.25, -0.2) is 0 Å². The molecule has 0 aliphatic carbocycles. The zero-order valence-electron chi connectivity index (χ0n) is 10.6. The van der Waals surface area contributed by atoms with E-state index in [0.717, 1.165) is 6.61 Å². The smallest absolute Gasteiger partial charge is 0.237 e. The van der Waals surface area contributed by atoms with Crippen molar-refractivity contribution in [1.82, 2.24) is 10.6 Å². The molecule has 0 aromatic carbocycles. The van der Waals surface area contributed by atoms with Crippen LogP contribution in [-0.2, 0) is 9.53 Å². The molecule has 1 unspecified atom stereocenters. The summed E-state index contributed by atoms with van der Waals surface area (Å²) in [6.07, 6.45) is 1.66. The van der Waals surface area contributed by atoms with Crippen LogP contribution in [0.4, 0.5) is 0 Å². The lowest BCUT2D eigenvalue weighted by Gasteiger charge is -2.13. The summed E-state index contributed by atoms with van der Waals surface area (Å²) in [4.78, 5) is 11.4. The Morgan fingerprint density at radius 3 is 2.69 bits per heavy atom. The summed E-state index contributed by atoms with van der Waals surface area (Å²) in [5.74, 6) is 0.539. The SMILES string of the molecule is C=CCNC(=O)C(C)NCCOCC(C)C. The van der Waals surface area contributed by atoms with Crippen molar-refractivity contribution in [2.24, 2.45) is 5.92 Å². The summed E-state index contributed by atoms with van der Waals surface area (Å²) >= 11 is 0. The molecule has 0 radical (unpaired) electrons. The predicted molar refractivity (Wildman–Crippen MR) is 66.3 cm³/mol. The Morgan fingerprint density at radius 2 is 2.12 bits per heavy atom. The van der Waals surface area contributed by atoms with Gasteiger partial charge < -0.3 is 15.4 Å². The summed E-state index contributed by atoms with van der Waals surface area (Å²) in [6, 6.07) is -0.192. The van der Waals surface area contributed by atoms with Gasteiger partial charge in [-0.05, 0) is 12.8 Å². The molecule has 0 spiro atoms. The maximum atomic E-state index is 11.4. The van der Waals surface area contributed by atoms with Gasteiger partial charge in [0.2, 0.25) is 5.91 Å². The van der Waals surface area contributed by atoms with Crippen LogP contribution < -0.4 is 10.6 Å². The second-order valence-corrected chi connectivity index (χ2v) is 4.18. The normalized spacial score (nSPS) is 12.5. The fourth-order valence-corrected chi connectivity index (χ4v) is 1.09. The molecule has 0 aromatic heterocycles. The van der Waals surface area contributed by atoms with E-state index in [0.29, 0.717) is 25.6 Å². The van der Waals surface area contributed by atoms with Crippen LogP contribution in [0.3, 0.4) is 0 Å². The average Bonchev–Trinajstić information content (AvgIpc) is 2.24. The molecule has 4 nitrogen and oxygen atoms in total. The summed E-state index contributed by atoms with van der Waals surface area (Å²) in [7, 11) is 0. The minimum atomic E-state index is -0.192. The van der Waals surface area contributed by atoms with Gasteiger partial charge in [0, 0.05) is 19.7 Å². The van der Waals surface area contributed by atoms with E-state index in [9.17, 15) is 4.79 Å². The first-order valence-electron chi connectivity index (χ1n) is 5.77. The van der Waals surface area contributed by atoms with Gasteiger partial charge in [0.15, 0.2) is 0 Å². The highest BCUT2D eigenvalue weighted by molar-refractivity contribution is 5.81. The van der Waals surface area contributed by atoms with Gasteiger partial charge in [0.25, 0.3) is 0 Å². The van der Waals surface area contributed by atoms with Crippen molar-refractivity contribution in [3.63, 3.8) is 0 Å². The maximum Gasteiger partial charge on any atom is 0.237 e. The van der Waals surface area contributed by atoms with E-state index in [1.165, 1.54) is 0 Å². The topological polar surface area (TPSA) is 50.4 Å². The van der Waals surface area contributed by atoms with Gasteiger partial charge >= 0.3 is 0 Å². The minimum Gasteiger partial charge on any atom is -0.380 e. The molecule has 0 aromatic rings. The molecule has 0 saturated carbocycles. The lowest BCUT2D eigenvalue weighted by atomic mass is 10.2. The fraction of sp³-hybridized carbons (Fsp3) is 0.750. The Hall–Kier alpha value is -0.870. The molecule has 4 heteroatoms. The fourth-order valence-electron chi connectivity index (χ4n) is 1.09. The summed E-state index contributed by atoms with van der Waals surface area (Å²) in [5.41, 5.74) is 0. The van der Waals surface area contributed by atoms with Crippen LogP contribution in [0, 0.1) is 5.92 Å². The molecule has 0 aliphatic rings. The summed E-state index contributed by atoms with van der Waals surface area (Å²) < 4.78 is 5.40. The Balaban J connectivity index is 3.45. The Labute approximate surface area is 98.4 Å². The molecule has 0 rings (SSSR count). The molecule has 0 heterocycles. The molecule has 16 heavy (non-hydrogen) atoms. The second kappa shape index (κ2) is 9.36. The monoisotopic (exact) mass is 228 g/mol. The first kappa shape index (κ1) is 15.1. The lowest BCUT2D eigenvalue weighted by molar-refractivity contribution is -0.122. The number of hydrogen-bond acceptors (Lipinski definition) is 3. The molecule has 0 saturated heterocycles. The number of carbonyl (C=O) groups is 1. The quantitative estimate of drug-likeness (QED) is 0.456. The molecule has 1 amide bonds. The number of amides is 1. The van der Waals surface area contributed by atoms with Crippen LogP contribution in [0.1, 0.15) is 20.8 Å². The van der Waals surface area contributed by atoms with Crippen LogP contribution in [0.5, 0.6) is 0 Å². The molecular formula is C12H24N2O2. The molecular weight excluding hydrogens is 204 g/mol. The van der Waals surface area contributed by atoms with Crippen LogP contribution >= 0.6 is 0 Å². The van der Waals surface area contributed by atoms with Crippen molar-refractivity contribution in [1.29, 1.82) is 0 Å². The van der Waals surface area contributed by atoms with Gasteiger partial charge in [-0.15, -0.1) is 6.58 Å². The molecule has 1 atom stereocenters. The molecule has 0 aliphatic heterocycles. The Bertz CT molecular complexity index is 205. The van der Waals surface area contributed by atoms with Crippen LogP contribution in [0.15, 0.2) is 12.7 Å². The lowest BCUT2D eigenvalue weighted by Crippen LogP contribution is -2.43. The summed E-state index contributed by atoms with van der Waals surface area (Å²) in [5, 5.41) is 5.82. The highest BCUT2D eigenvalue weighted by Gasteiger charge is 2.09. The van der Waals surface area contributed by atoms with E-state index < -0.39 is 0 Å². The molecule has 2 N–H and O–H groups in total. The largest absolute Gasteiger partial charge is 0.380 e. The third-order valence-corrected chi connectivity index (χ3v) is 1.96. The molecule has 0 bridgehead atoms. The van der Waals surface area contributed by atoms with E-state index in [1.807, 2.05) is 6.92 Å². The minimum absolute atomic E-state index is 0.0104. The van der Waals surface area contributed by atoms with E-state index in [2.05, 4.69) is 31.1 Å². The third-order valence-electron chi connectivity index (χ3n) is 1.96. The van der Waals surface area contributed by atoms with E-state index in [1.54, 1.807) is 6.08 Å². The Kier molecular flexibility index (Phi) is 8.85. The van der Waals surface area contributed by atoms with Crippen LogP contribution in [0.2, 0.25) is 0 Å². The maximum absolute atomic E-state index is 11.4. The van der Waals surface area contributed by atoms with E-state index in [-0.39, 0.29) is 11.9 Å². The van der Waals surface area contributed by atoms with E-state index >= 15 is 0 Å². The first-order chi connectivity index (χ1) is 7.57. The van der Waals surface area contributed by atoms with Gasteiger partial charge in [0.05, 0.1) is 12.6 Å². The van der Waals surface area contributed by atoms with Crippen molar-refractivity contribution >= 4 is 5.91 Å². The highest BCUT2D eigenvalue weighted by atomic mass is 16.5. The van der Waals surface area contributed by atoms with Crippen molar-refractivity contribution in [3.8, 4) is 0 Å². The number of hydrogen-bond donors (Lipinski definition) is 2. The van der Waals surface area contributed by atoms with Crippen LogP contribution in [0.25, 0.3) is 0 Å². The number of carbonyl (C=O) groups excluding carboxylic acids is 1. The van der Waals surface area contributed by atoms with Crippen molar-refractivity contribution in [3.05, 3.63) is 12.7 Å². The van der Waals surface area contributed by atoms with Gasteiger partial charge in [-0.2, -0.15) is 0 Å². The van der Waals surface area contributed by atoms with E-state index in [4.69, 9.17) is 4.74 Å². The number of ether oxygens (including phenoxy) is 1. The number of rotatable bonds is 9. The zero-order valence-corrected chi connectivity index (χ0v) is 10.6. The molecule has 0 fully saturated rings. The zero-order chi connectivity index (χ0) is 12.4. The average molecular weight is 228 g/mol. The van der Waals surface area contributed by atoms with Gasteiger partial charge in [0.1, 0.15) is 0 Å². The second-order valence-electron chi connectivity index (χ2n) is 4.18. The standard InChI is InChI=1S/C12H24N2O2/c1-5-6-14-12(15)11(4)13-7-8-16-9-10(2)3/h5,10-11,13H,1,6-9H2,2-4H3,(H,14,15). The van der Waals surface area contributed by atoms with Crippen molar-refractivity contribution < 1.29 is 9.53 Å². The Morgan fingerprint density at radius 1 is 1.44 bits per heavy atom. The van der Waals surface area contributed by atoms with Crippen LogP contribution in [-0.4, -0.2) is 38.3 Å². The van der Waals surface area contributed by atoms with Gasteiger partial charge in [-0.1, -0.05) is 19.9 Å². The van der Waals surface area contributed by atoms with Crippen molar-refractivity contribution in [2.75, 3.05) is 26.3 Å². The highest BCUT2D eigenvalue weighted by Crippen LogP contribution is 1.91. The van der Waals surface area contributed by atoms with Crippen molar-refractivity contribution in [2.45, 2.75) is 26.8 Å². The third kappa shape index (κ3) is 8.44. The molecule has 94 valence electrons. The first-order valence-corrected chi connectivity index (χ1v) is 5.77. The summed E-state index contributed by atoms with van der Waals surface area (Å²) in [6.45, 7) is 12.2. The number of nitrogens with one attached hydrogen (secondary N) is 2. The van der Waals surface area contributed by atoms with Gasteiger partial charge in [-0.3, -0.25) is 4.79 Å². The predicted octanol–water partition coefficient (Wildman–Crippen LogP) is 0.939.